The van der Waals surface area contributed by atoms with Crippen molar-refractivity contribution in [2.24, 2.45) is 0 Å². The molecule has 0 saturated carbocycles. The van der Waals surface area contributed by atoms with Crippen molar-refractivity contribution in [3.8, 4) is 11.5 Å². The van der Waals surface area contributed by atoms with E-state index in [0.717, 1.165) is 11.1 Å². The van der Waals surface area contributed by atoms with E-state index in [4.69, 9.17) is 14.2 Å². The van der Waals surface area contributed by atoms with Crippen LogP contribution in [0.15, 0.2) is 84.9 Å². The van der Waals surface area contributed by atoms with Crippen LogP contribution in [0.25, 0.3) is 0 Å². The van der Waals surface area contributed by atoms with Crippen molar-refractivity contribution >= 4 is 17.8 Å². The first-order chi connectivity index (χ1) is 22.8. The molecule has 0 radical (unpaired) electrons. The average molecular weight is 641 g/mol. The van der Waals surface area contributed by atoms with E-state index in [-0.39, 0.29) is 62.8 Å². The third-order valence-corrected chi connectivity index (χ3v) is 8.34. The van der Waals surface area contributed by atoms with E-state index < -0.39 is 12.1 Å². The molecule has 0 aromatic heterocycles. The number of benzene rings is 4. The van der Waals surface area contributed by atoms with Crippen LogP contribution in [-0.2, 0) is 35.6 Å². The smallest absolute Gasteiger partial charge is 0.309 e. The van der Waals surface area contributed by atoms with Gasteiger partial charge in [-0.1, -0.05) is 24.3 Å². The number of nitrogens with zero attached hydrogens (tertiary/aromatic N) is 2. The standard InChI is InChI=1S/C37H34F2N2O6/c1-2-45-35(42)21-34(40-15-13-26-19-30(9-11-32(26)36(40)43)46-22-24-5-3-7-28(38)17-24)41-16-14-27-20-31(10-12-33(27)37(41)44)47-23-25-6-4-8-29(39)18-25/h3-12,17-20,34H,2,13-16,21-23H2,1H3. The quantitative estimate of drug-likeness (QED) is 0.184. The lowest BCUT2D eigenvalue weighted by molar-refractivity contribution is -0.145. The van der Waals surface area contributed by atoms with E-state index in [9.17, 15) is 23.2 Å². The van der Waals surface area contributed by atoms with Gasteiger partial charge < -0.3 is 24.0 Å². The van der Waals surface area contributed by atoms with Gasteiger partial charge in [-0.05, 0) is 103 Å². The Hall–Kier alpha value is -5.25. The van der Waals surface area contributed by atoms with Crippen LogP contribution in [0.3, 0.4) is 0 Å². The third kappa shape index (κ3) is 7.27. The summed E-state index contributed by atoms with van der Waals surface area (Å²) in [5.41, 5.74) is 3.89. The van der Waals surface area contributed by atoms with Gasteiger partial charge in [-0.15, -0.1) is 0 Å². The summed E-state index contributed by atoms with van der Waals surface area (Å²) in [6.07, 6.45) is -0.0347. The molecule has 4 aromatic carbocycles. The average Bonchev–Trinajstić information content (AvgIpc) is 3.06. The van der Waals surface area contributed by atoms with E-state index in [2.05, 4.69) is 0 Å². The molecule has 10 heteroatoms. The van der Waals surface area contributed by atoms with Crippen LogP contribution in [0.5, 0.6) is 11.5 Å². The Morgan fingerprint density at radius 3 is 1.66 bits per heavy atom. The summed E-state index contributed by atoms with van der Waals surface area (Å²) in [4.78, 5) is 43.7. The van der Waals surface area contributed by atoms with Crippen LogP contribution in [0.4, 0.5) is 8.78 Å². The van der Waals surface area contributed by atoms with Gasteiger partial charge in [-0.2, -0.15) is 0 Å². The molecule has 0 bridgehead atoms. The van der Waals surface area contributed by atoms with Crippen LogP contribution in [0.2, 0.25) is 0 Å². The molecule has 0 aliphatic carbocycles. The fourth-order valence-corrected chi connectivity index (χ4v) is 6.06. The highest BCUT2D eigenvalue weighted by Gasteiger charge is 2.39. The molecule has 2 amide bonds. The maximum absolute atomic E-state index is 13.9. The van der Waals surface area contributed by atoms with E-state index in [1.807, 2.05) is 0 Å². The van der Waals surface area contributed by atoms with E-state index in [0.29, 0.717) is 46.6 Å². The highest BCUT2D eigenvalue weighted by molar-refractivity contribution is 6.00. The SMILES string of the molecule is CCOC(=O)CC(N1CCc2cc(OCc3cccc(F)c3)ccc2C1=O)N1CCc2cc(OCc3cccc(F)c3)ccc2C1=O. The molecule has 242 valence electrons. The highest BCUT2D eigenvalue weighted by Crippen LogP contribution is 2.31. The van der Waals surface area contributed by atoms with Crippen LogP contribution >= 0.6 is 0 Å². The molecule has 2 aliphatic rings. The van der Waals surface area contributed by atoms with Crippen molar-refractivity contribution in [2.75, 3.05) is 19.7 Å². The Labute approximate surface area is 271 Å². The Balaban J connectivity index is 1.18. The predicted molar refractivity (Wildman–Crippen MR) is 169 cm³/mol. The monoisotopic (exact) mass is 640 g/mol. The number of halogens is 2. The maximum Gasteiger partial charge on any atom is 0.309 e. The number of fused-ring (bicyclic) bond motifs is 2. The van der Waals surface area contributed by atoms with Gasteiger partial charge in [0.1, 0.15) is 42.5 Å². The predicted octanol–water partition coefficient (Wildman–Crippen LogP) is 6.10. The van der Waals surface area contributed by atoms with Crippen molar-refractivity contribution in [1.29, 1.82) is 0 Å². The molecule has 2 aliphatic heterocycles. The molecule has 0 spiro atoms. The van der Waals surface area contributed by atoms with Crippen LogP contribution in [0.1, 0.15) is 56.3 Å². The van der Waals surface area contributed by atoms with Gasteiger partial charge in [-0.25, -0.2) is 8.78 Å². The second kappa shape index (κ2) is 14.0. The zero-order chi connectivity index (χ0) is 32.9. The van der Waals surface area contributed by atoms with Gasteiger partial charge in [0, 0.05) is 24.2 Å². The van der Waals surface area contributed by atoms with Crippen molar-refractivity contribution < 1.29 is 37.4 Å². The summed E-state index contributed by atoms with van der Waals surface area (Å²) in [5, 5.41) is 0. The van der Waals surface area contributed by atoms with Gasteiger partial charge in [-0.3, -0.25) is 14.4 Å². The summed E-state index contributed by atoms with van der Waals surface area (Å²) in [5.74, 6) is -0.664. The number of carbonyl (C=O) groups excluding carboxylic acids is 3. The van der Waals surface area contributed by atoms with Crippen LogP contribution in [0, 0.1) is 11.6 Å². The first-order valence-corrected chi connectivity index (χ1v) is 15.6. The topological polar surface area (TPSA) is 85.4 Å². The minimum absolute atomic E-state index is 0.167. The lowest BCUT2D eigenvalue weighted by atomic mass is 9.95. The Kier molecular flexibility index (Phi) is 9.47. The molecule has 6 rings (SSSR count). The van der Waals surface area contributed by atoms with Crippen molar-refractivity contribution in [3.05, 3.63) is 130 Å². The minimum atomic E-state index is -0.844. The lowest BCUT2D eigenvalue weighted by Gasteiger charge is -2.43. The molecular formula is C37H34F2N2O6. The van der Waals surface area contributed by atoms with Crippen LogP contribution in [-0.4, -0.2) is 53.4 Å². The fourth-order valence-electron chi connectivity index (χ4n) is 6.06. The molecule has 47 heavy (non-hydrogen) atoms. The van der Waals surface area contributed by atoms with E-state index in [1.165, 1.54) is 24.3 Å². The summed E-state index contributed by atoms with van der Waals surface area (Å²) in [6, 6.07) is 22.7. The molecule has 0 atom stereocenters. The Morgan fingerprint density at radius 2 is 1.21 bits per heavy atom. The van der Waals surface area contributed by atoms with Gasteiger partial charge in [0.2, 0.25) is 0 Å². The summed E-state index contributed by atoms with van der Waals surface area (Å²) in [6.45, 7) is 2.81. The summed E-state index contributed by atoms with van der Waals surface area (Å²) < 4.78 is 44.1. The number of esters is 1. The van der Waals surface area contributed by atoms with E-state index in [1.54, 1.807) is 77.4 Å². The van der Waals surface area contributed by atoms with Gasteiger partial charge in [0.25, 0.3) is 11.8 Å². The van der Waals surface area contributed by atoms with Gasteiger partial charge in [0.05, 0.1) is 13.0 Å². The van der Waals surface area contributed by atoms with Crippen molar-refractivity contribution in [2.45, 2.75) is 45.6 Å². The lowest BCUT2D eigenvalue weighted by Crippen LogP contribution is -2.57. The minimum Gasteiger partial charge on any atom is -0.489 e. The second-order valence-electron chi connectivity index (χ2n) is 11.5. The largest absolute Gasteiger partial charge is 0.489 e. The molecule has 8 nitrogen and oxygen atoms in total. The number of rotatable bonds is 11. The molecule has 0 saturated heterocycles. The first kappa shape index (κ1) is 31.7. The number of carbonyl (C=O) groups is 3. The molecular weight excluding hydrogens is 606 g/mol. The zero-order valence-electron chi connectivity index (χ0n) is 25.9. The maximum atomic E-state index is 13.9. The zero-order valence-corrected chi connectivity index (χ0v) is 25.9. The molecule has 0 fully saturated rings. The Bertz CT molecular complexity index is 1690. The van der Waals surface area contributed by atoms with E-state index >= 15 is 0 Å². The summed E-state index contributed by atoms with van der Waals surface area (Å²) in [7, 11) is 0. The van der Waals surface area contributed by atoms with Gasteiger partial charge in [0.15, 0.2) is 0 Å². The highest BCUT2D eigenvalue weighted by atomic mass is 19.1. The number of ether oxygens (including phenoxy) is 3. The third-order valence-electron chi connectivity index (χ3n) is 8.34. The number of amides is 2. The van der Waals surface area contributed by atoms with Crippen molar-refractivity contribution in [1.82, 2.24) is 9.80 Å². The second-order valence-corrected chi connectivity index (χ2v) is 11.5. The number of hydrogen-bond donors (Lipinski definition) is 0. The number of hydrogen-bond acceptors (Lipinski definition) is 6. The molecule has 0 unspecified atom stereocenters. The Morgan fingerprint density at radius 1 is 0.723 bits per heavy atom. The molecule has 4 aromatic rings. The normalized spacial score (nSPS) is 14.1. The summed E-state index contributed by atoms with van der Waals surface area (Å²) >= 11 is 0. The molecule has 0 N–H and O–H groups in total. The first-order valence-electron chi connectivity index (χ1n) is 15.6. The van der Waals surface area contributed by atoms with Crippen molar-refractivity contribution in [3.63, 3.8) is 0 Å². The molecule has 2 heterocycles. The fraction of sp³-hybridized carbons (Fsp3) is 0.270. The van der Waals surface area contributed by atoms with Gasteiger partial charge >= 0.3 is 5.97 Å². The van der Waals surface area contributed by atoms with Crippen LogP contribution < -0.4 is 9.47 Å².